The van der Waals surface area contributed by atoms with Crippen molar-refractivity contribution in [1.82, 2.24) is 0 Å². The molecule has 0 atom stereocenters. The summed E-state index contributed by atoms with van der Waals surface area (Å²) in [5, 5.41) is 0.613. The SMILES string of the molecule is O=C(c1cc(Cl)ccc1Cl)N1CCc2c(F)cc(F)cc21. The average molecular weight is 328 g/mol. The van der Waals surface area contributed by atoms with E-state index in [1.165, 1.54) is 17.0 Å². The summed E-state index contributed by atoms with van der Waals surface area (Å²) in [6, 6.07) is 6.50. The van der Waals surface area contributed by atoms with Gasteiger partial charge in [0.15, 0.2) is 0 Å². The van der Waals surface area contributed by atoms with Gasteiger partial charge in [-0.3, -0.25) is 4.79 Å². The zero-order valence-electron chi connectivity index (χ0n) is 10.7. The van der Waals surface area contributed by atoms with Crippen molar-refractivity contribution in [2.24, 2.45) is 0 Å². The Hall–Kier alpha value is -1.65. The molecule has 0 fully saturated rings. The Morgan fingerprint density at radius 2 is 1.90 bits per heavy atom. The van der Waals surface area contributed by atoms with E-state index in [2.05, 4.69) is 0 Å². The Bertz CT molecular complexity index is 749. The number of halogens is 4. The van der Waals surface area contributed by atoms with Gasteiger partial charge in [-0.2, -0.15) is 0 Å². The number of hydrogen-bond acceptors (Lipinski definition) is 1. The highest BCUT2D eigenvalue weighted by Gasteiger charge is 2.29. The first-order valence-electron chi connectivity index (χ1n) is 6.22. The van der Waals surface area contributed by atoms with E-state index < -0.39 is 17.5 Å². The number of carbonyl (C=O) groups is 1. The van der Waals surface area contributed by atoms with Gasteiger partial charge in [0.2, 0.25) is 0 Å². The highest BCUT2D eigenvalue weighted by molar-refractivity contribution is 6.36. The van der Waals surface area contributed by atoms with Gasteiger partial charge in [-0.25, -0.2) is 8.78 Å². The molecule has 1 heterocycles. The Labute approximate surface area is 129 Å². The molecule has 3 rings (SSSR count). The zero-order valence-corrected chi connectivity index (χ0v) is 12.2. The summed E-state index contributed by atoms with van der Waals surface area (Å²) in [5.74, 6) is -1.79. The van der Waals surface area contributed by atoms with Gasteiger partial charge in [0.05, 0.1) is 16.3 Å². The van der Waals surface area contributed by atoms with Crippen LogP contribution in [0.25, 0.3) is 0 Å². The summed E-state index contributed by atoms with van der Waals surface area (Å²) in [7, 11) is 0. The van der Waals surface area contributed by atoms with Gasteiger partial charge in [0, 0.05) is 23.2 Å². The molecule has 1 amide bonds. The molecule has 0 saturated heterocycles. The molecule has 2 nitrogen and oxygen atoms in total. The van der Waals surface area contributed by atoms with Gasteiger partial charge in [0.1, 0.15) is 11.6 Å². The van der Waals surface area contributed by atoms with Crippen molar-refractivity contribution in [3.63, 3.8) is 0 Å². The molecule has 2 aromatic carbocycles. The van der Waals surface area contributed by atoms with E-state index in [-0.39, 0.29) is 22.8 Å². The van der Waals surface area contributed by atoms with Gasteiger partial charge in [-0.15, -0.1) is 0 Å². The summed E-state index contributed by atoms with van der Waals surface area (Å²) in [4.78, 5) is 13.9. The number of amides is 1. The van der Waals surface area contributed by atoms with E-state index in [9.17, 15) is 13.6 Å². The number of carbonyl (C=O) groups excluding carboxylic acids is 1. The number of anilines is 1. The third-order valence-corrected chi connectivity index (χ3v) is 3.98. The number of fused-ring (bicyclic) bond motifs is 1. The van der Waals surface area contributed by atoms with E-state index in [0.717, 1.165) is 12.1 Å². The van der Waals surface area contributed by atoms with Gasteiger partial charge >= 0.3 is 0 Å². The maximum Gasteiger partial charge on any atom is 0.259 e. The summed E-state index contributed by atoms with van der Waals surface area (Å²) in [5.41, 5.74) is 0.790. The van der Waals surface area contributed by atoms with Crippen molar-refractivity contribution < 1.29 is 13.6 Å². The lowest BCUT2D eigenvalue weighted by Gasteiger charge is -2.18. The van der Waals surface area contributed by atoms with E-state index in [1.54, 1.807) is 6.07 Å². The second kappa shape index (κ2) is 5.28. The van der Waals surface area contributed by atoms with Crippen LogP contribution < -0.4 is 4.90 Å². The standard InChI is InChI=1S/C15H9Cl2F2NO/c16-8-1-2-12(17)11(5-8)15(21)20-4-3-10-13(19)6-9(18)7-14(10)20/h1-2,5-7H,3-4H2. The summed E-state index contributed by atoms with van der Waals surface area (Å²) >= 11 is 11.9. The van der Waals surface area contributed by atoms with Gasteiger partial charge in [-0.05, 0) is 30.7 Å². The molecule has 0 aliphatic carbocycles. The molecule has 6 heteroatoms. The number of benzene rings is 2. The van der Waals surface area contributed by atoms with Crippen LogP contribution >= 0.6 is 23.2 Å². The molecular formula is C15H9Cl2F2NO. The number of nitrogens with zero attached hydrogens (tertiary/aromatic N) is 1. The van der Waals surface area contributed by atoms with Crippen molar-refractivity contribution >= 4 is 34.8 Å². The highest BCUT2D eigenvalue weighted by atomic mass is 35.5. The maximum atomic E-state index is 13.7. The molecule has 0 unspecified atom stereocenters. The van der Waals surface area contributed by atoms with Crippen LogP contribution in [0, 0.1) is 11.6 Å². The third kappa shape index (κ3) is 2.49. The molecule has 108 valence electrons. The minimum Gasteiger partial charge on any atom is -0.307 e. The van der Waals surface area contributed by atoms with Crippen LogP contribution in [0.4, 0.5) is 14.5 Å². The molecule has 0 saturated carbocycles. The number of hydrogen-bond donors (Lipinski definition) is 0. The van der Waals surface area contributed by atoms with Crippen LogP contribution in [0.2, 0.25) is 10.0 Å². The maximum absolute atomic E-state index is 13.7. The second-order valence-electron chi connectivity index (χ2n) is 4.72. The fraction of sp³-hybridized carbons (Fsp3) is 0.133. The first kappa shape index (κ1) is 14.3. The monoisotopic (exact) mass is 327 g/mol. The molecule has 0 aromatic heterocycles. The summed E-state index contributed by atoms with van der Waals surface area (Å²) < 4.78 is 27.1. The van der Waals surface area contributed by atoms with Crippen molar-refractivity contribution in [1.29, 1.82) is 0 Å². The molecule has 0 N–H and O–H groups in total. The fourth-order valence-corrected chi connectivity index (χ4v) is 2.81. The lowest BCUT2D eigenvalue weighted by Crippen LogP contribution is -2.29. The first-order chi connectivity index (χ1) is 9.97. The normalized spacial score (nSPS) is 13.4. The molecule has 2 aromatic rings. The molecule has 0 radical (unpaired) electrons. The Kier molecular flexibility index (Phi) is 3.59. The van der Waals surface area contributed by atoms with E-state index >= 15 is 0 Å². The Balaban J connectivity index is 2.05. The molecule has 1 aliphatic rings. The van der Waals surface area contributed by atoms with Crippen LogP contribution in [0.3, 0.4) is 0 Å². The fourth-order valence-electron chi connectivity index (χ4n) is 2.44. The molecule has 0 bridgehead atoms. The first-order valence-corrected chi connectivity index (χ1v) is 6.98. The highest BCUT2D eigenvalue weighted by Crippen LogP contribution is 2.33. The van der Waals surface area contributed by atoms with E-state index in [1.807, 2.05) is 0 Å². The zero-order chi connectivity index (χ0) is 15.1. The molecule has 0 spiro atoms. The van der Waals surface area contributed by atoms with Crippen LogP contribution in [-0.4, -0.2) is 12.5 Å². The quantitative estimate of drug-likeness (QED) is 0.756. The predicted molar refractivity (Wildman–Crippen MR) is 78.2 cm³/mol. The van der Waals surface area contributed by atoms with Crippen LogP contribution in [0.1, 0.15) is 15.9 Å². The molecule has 21 heavy (non-hydrogen) atoms. The topological polar surface area (TPSA) is 20.3 Å². The van der Waals surface area contributed by atoms with E-state index in [0.29, 0.717) is 17.0 Å². The summed E-state index contributed by atoms with van der Waals surface area (Å²) in [6.45, 7) is 0.275. The van der Waals surface area contributed by atoms with Crippen LogP contribution in [-0.2, 0) is 6.42 Å². The van der Waals surface area contributed by atoms with Crippen molar-refractivity contribution in [2.45, 2.75) is 6.42 Å². The minimum absolute atomic E-state index is 0.210. The van der Waals surface area contributed by atoms with E-state index in [4.69, 9.17) is 23.2 Å². The predicted octanol–water partition coefficient (Wildman–Crippen LogP) is 4.47. The van der Waals surface area contributed by atoms with Gasteiger partial charge in [-0.1, -0.05) is 23.2 Å². The Morgan fingerprint density at radius 3 is 2.67 bits per heavy atom. The van der Waals surface area contributed by atoms with Gasteiger partial charge < -0.3 is 4.90 Å². The lowest BCUT2D eigenvalue weighted by molar-refractivity contribution is 0.0989. The Morgan fingerprint density at radius 1 is 1.14 bits per heavy atom. The average Bonchev–Trinajstić information content (AvgIpc) is 2.84. The lowest BCUT2D eigenvalue weighted by atomic mass is 10.1. The summed E-state index contributed by atoms with van der Waals surface area (Å²) in [6.07, 6.45) is 0.339. The van der Waals surface area contributed by atoms with Gasteiger partial charge in [0.25, 0.3) is 5.91 Å². The number of rotatable bonds is 1. The van der Waals surface area contributed by atoms with Crippen LogP contribution in [0.5, 0.6) is 0 Å². The largest absolute Gasteiger partial charge is 0.307 e. The molecular weight excluding hydrogens is 319 g/mol. The minimum atomic E-state index is -0.719. The smallest absolute Gasteiger partial charge is 0.259 e. The third-order valence-electron chi connectivity index (χ3n) is 3.42. The van der Waals surface area contributed by atoms with Crippen molar-refractivity contribution in [3.8, 4) is 0 Å². The van der Waals surface area contributed by atoms with Crippen molar-refractivity contribution in [2.75, 3.05) is 11.4 Å². The van der Waals surface area contributed by atoms with Crippen LogP contribution in [0.15, 0.2) is 30.3 Å². The molecule has 1 aliphatic heterocycles. The second-order valence-corrected chi connectivity index (χ2v) is 5.56. The van der Waals surface area contributed by atoms with Crippen molar-refractivity contribution in [3.05, 3.63) is 63.1 Å².